The monoisotopic (exact) mass is 400 g/mol. The number of amides is 1. The van der Waals surface area contributed by atoms with Gasteiger partial charge in [-0.15, -0.1) is 11.8 Å². The van der Waals surface area contributed by atoms with Crippen LogP contribution in [0.5, 0.6) is 0 Å². The number of fused-ring (bicyclic) bond motifs is 1. The van der Waals surface area contributed by atoms with E-state index in [9.17, 15) is 4.79 Å². The fraction of sp³-hybridized carbons (Fsp3) is 0.333. The number of aromatic nitrogens is 1. The van der Waals surface area contributed by atoms with Gasteiger partial charge in [0.15, 0.2) is 5.13 Å². The Hall–Kier alpha value is -1.89. The molecular weight excluding hydrogens is 374 g/mol. The van der Waals surface area contributed by atoms with Crippen LogP contribution in [0.3, 0.4) is 0 Å². The summed E-state index contributed by atoms with van der Waals surface area (Å²) < 4.78 is 1.14. The number of hydrogen-bond donors (Lipinski definition) is 1. The maximum Gasteiger partial charge on any atom is 0.239 e. The minimum absolute atomic E-state index is 0.109. The number of thioether (sulfide) groups is 1. The second-order valence-electron chi connectivity index (χ2n) is 7.00. The lowest BCUT2D eigenvalue weighted by molar-refractivity contribution is -0.856. The Balaban J connectivity index is 1.82. The number of carbonyl (C=O) groups excluding carboxylic acids is 1. The molecule has 0 saturated heterocycles. The Morgan fingerprint density at radius 3 is 2.56 bits per heavy atom. The van der Waals surface area contributed by atoms with Gasteiger partial charge in [0.25, 0.3) is 0 Å². The van der Waals surface area contributed by atoms with Crippen LogP contribution in [0, 0.1) is 13.8 Å². The van der Waals surface area contributed by atoms with Gasteiger partial charge in [-0.05, 0) is 49.2 Å². The minimum atomic E-state index is 0.109. The molecule has 3 aromatic rings. The van der Waals surface area contributed by atoms with Gasteiger partial charge >= 0.3 is 0 Å². The lowest BCUT2D eigenvalue weighted by Crippen LogP contribution is -3.06. The average molecular weight is 401 g/mol. The molecule has 0 atom stereocenters. The number of carbonyl (C=O) groups is 1. The number of thiazole rings is 1. The Morgan fingerprint density at radius 2 is 1.85 bits per heavy atom. The van der Waals surface area contributed by atoms with Gasteiger partial charge < -0.3 is 4.90 Å². The summed E-state index contributed by atoms with van der Waals surface area (Å²) in [4.78, 5) is 22.1. The van der Waals surface area contributed by atoms with Crippen LogP contribution in [-0.4, -0.2) is 43.8 Å². The van der Waals surface area contributed by atoms with Gasteiger partial charge in [-0.2, -0.15) is 0 Å². The zero-order valence-electron chi connectivity index (χ0n) is 16.3. The van der Waals surface area contributed by atoms with Crippen molar-refractivity contribution in [2.45, 2.75) is 18.7 Å². The maximum absolute atomic E-state index is 13.0. The minimum Gasteiger partial charge on any atom is -0.338 e. The van der Waals surface area contributed by atoms with Crippen molar-refractivity contribution < 1.29 is 9.69 Å². The van der Waals surface area contributed by atoms with E-state index in [4.69, 9.17) is 4.98 Å². The molecule has 0 aliphatic heterocycles. The molecule has 3 rings (SSSR count). The number of benzene rings is 2. The summed E-state index contributed by atoms with van der Waals surface area (Å²) in [5.41, 5.74) is 3.46. The normalized spacial score (nSPS) is 11.3. The summed E-state index contributed by atoms with van der Waals surface area (Å²) in [5.74, 6) is 0.526. The number of nitrogens with one attached hydrogen (secondary N) is 1. The molecule has 1 amide bonds. The molecule has 6 heteroatoms. The predicted octanol–water partition coefficient (Wildman–Crippen LogP) is 3.18. The van der Waals surface area contributed by atoms with Crippen LogP contribution in [-0.2, 0) is 4.79 Å². The van der Waals surface area contributed by atoms with Crippen molar-refractivity contribution in [3.63, 3.8) is 0 Å². The van der Waals surface area contributed by atoms with Crippen LogP contribution in [0.2, 0.25) is 0 Å². The van der Waals surface area contributed by atoms with Crippen molar-refractivity contribution in [3.8, 4) is 0 Å². The third kappa shape index (κ3) is 5.09. The summed E-state index contributed by atoms with van der Waals surface area (Å²) in [6, 6.07) is 14.3. The van der Waals surface area contributed by atoms with E-state index in [0.717, 1.165) is 26.8 Å². The lowest BCUT2D eigenvalue weighted by atomic mass is 10.1. The second-order valence-corrected chi connectivity index (χ2v) is 9.06. The number of aryl methyl sites for hydroxylation is 2. The molecule has 0 radical (unpaired) electrons. The van der Waals surface area contributed by atoms with Crippen LogP contribution >= 0.6 is 23.1 Å². The van der Waals surface area contributed by atoms with E-state index in [2.05, 4.69) is 40.1 Å². The van der Waals surface area contributed by atoms with Crippen LogP contribution in [0.25, 0.3) is 10.2 Å². The van der Waals surface area contributed by atoms with Crippen LogP contribution < -0.4 is 9.80 Å². The third-order valence-corrected chi connectivity index (χ3v) is 6.50. The van der Waals surface area contributed by atoms with E-state index in [0.29, 0.717) is 12.3 Å². The molecule has 1 N–H and O–H groups in total. The van der Waals surface area contributed by atoms with E-state index < -0.39 is 0 Å². The molecule has 0 saturated carbocycles. The number of hydrogen-bond acceptors (Lipinski definition) is 4. The molecule has 2 aromatic carbocycles. The highest BCUT2D eigenvalue weighted by atomic mass is 32.2. The highest BCUT2D eigenvalue weighted by Crippen LogP contribution is 2.31. The molecule has 0 aliphatic rings. The number of likely N-dealkylation sites (N-methyl/N-ethyl adjacent to an activating group) is 1. The highest BCUT2D eigenvalue weighted by Gasteiger charge is 2.21. The summed E-state index contributed by atoms with van der Waals surface area (Å²) in [5, 5.41) is 0.801. The molecular formula is C21H26N3OS2+. The zero-order valence-corrected chi connectivity index (χ0v) is 17.9. The molecule has 0 fully saturated rings. The molecule has 4 nitrogen and oxygen atoms in total. The van der Waals surface area contributed by atoms with E-state index in [1.54, 1.807) is 23.1 Å². The summed E-state index contributed by atoms with van der Waals surface area (Å²) in [7, 11) is 4.21. The van der Waals surface area contributed by atoms with E-state index >= 15 is 0 Å². The Bertz CT molecular complexity index is 883. The largest absolute Gasteiger partial charge is 0.338 e. The van der Waals surface area contributed by atoms with Gasteiger partial charge in [0.05, 0.1) is 43.2 Å². The summed E-state index contributed by atoms with van der Waals surface area (Å²) in [6.07, 6.45) is 0. The van der Waals surface area contributed by atoms with Crippen molar-refractivity contribution in [2.24, 2.45) is 0 Å². The maximum atomic E-state index is 13.0. The van der Waals surface area contributed by atoms with Gasteiger partial charge in [0, 0.05) is 4.90 Å². The number of anilines is 1. The average Bonchev–Trinajstić information content (AvgIpc) is 3.03. The Morgan fingerprint density at radius 1 is 1.15 bits per heavy atom. The Kier molecular flexibility index (Phi) is 6.52. The van der Waals surface area contributed by atoms with Crippen molar-refractivity contribution >= 4 is 44.4 Å². The zero-order chi connectivity index (χ0) is 19.4. The molecule has 27 heavy (non-hydrogen) atoms. The van der Waals surface area contributed by atoms with Crippen LogP contribution in [0.1, 0.15) is 11.1 Å². The van der Waals surface area contributed by atoms with Gasteiger partial charge in [-0.25, -0.2) is 4.98 Å². The molecule has 142 valence electrons. The first-order valence-electron chi connectivity index (χ1n) is 9.09. The first kappa shape index (κ1) is 19.9. The predicted molar refractivity (Wildman–Crippen MR) is 116 cm³/mol. The third-order valence-electron chi connectivity index (χ3n) is 4.47. The molecule has 0 unspecified atom stereocenters. The van der Waals surface area contributed by atoms with Crippen molar-refractivity contribution in [3.05, 3.63) is 53.6 Å². The molecule has 0 spiro atoms. The SMILES string of the molecule is Cc1cc2nc(N(CC[NH+](C)C)C(=O)CSc3ccccc3)sc2cc1C. The van der Waals surface area contributed by atoms with Crippen molar-refractivity contribution in [2.75, 3.05) is 37.8 Å². The van der Waals surface area contributed by atoms with E-state index in [-0.39, 0.29) is 5.91 Å². The fourth-order valence-electron chi connectivity index (χ4n) is 2.69. The smallest absolute Gasteiger partial charge is 0.239 e. The van der Waals surface area contributed by atoms with Gasteiger partial charge in [0.2, 0.25) is 5.91 Å². The summed E-state index contributed by atoms with van der Waals surface area (Å²) in [6.45, 7) is 5.77. The number of nitrogens with zero attached hydrogens (tertiary/aromatic N) is 2. The Labute approximate surface area is 169 Å². The lowest BCUT2D eigenvalue weighted by Gasteiger charge is -2.20. The first-order chi connectivity index (χ1) is 12.9. The molecule has 1 aromatic heterocycles. The van der Waals surface area contributed by atoms with Gasteiger partial charge in [-0.3, -0.25) is 9.69 Å². The number of quaternary nitrogens is 1. The quantitative estimate of drug-likeness (QED) is 0.619. The van der Waals surface area contributed by atoms with Crippen molar-refractivity contribution in [1.29, 1.82) is 0 Å². The second kappa shape index (κ2) is 8.87. The number of rotatable bonds is 7. The fourth-order valence-corrected chi connectivity index (χ4v) is 4.57. The highest BCUT2D eigenvalue weighted by molar-refractivity contribution is 8.00. The van der Waals surface area contributed by atoms with E-state index in [1.807, 2.05) is 35.2 Å². The first-order valence-corrected chi connectivity index (χ1v) is 10.9. The molecule has 0 aliphatic carbocycles. The van der Waals surface area contributed by atoms with Crippen molar-refractivity contribution in [1.82, 2.24) is 4.98 Å². The molecule has 0 bridgehead atoms. The molecule has 1 heterocycles. The topological polar surface area (TPSA) is 37.6 Å². The van der Waals surface area contributed by atoms with Gasteiger partial charge in [0.1, 0.15) is 0 Å². The van der Waals surface area contributed by atoms with Gasteiger partial charge in [-0.1, -0.05) is 29.5 Å². The van der Waals surface area contributed by atoms with Crippen LogP contribution in [0.15, 0.2) is 47.4 Å². The van der Waals surface area contributed by atoms with Crippen LogP contribution in [0.4, 0.5) is 5.13 Å². The van der Waals surface area contributed by atoms with E-state index in [1.165, 1.54) is 16.0 Å². The summed E-state index contributed by atoms with van der Waals surface area (Å²) >= 11 is 3.18. The standard InChI is InChI=1S/C21H25N3OS2/c1-15-12-18-19(13-16(15)2)27-21(22-18)24(11-10-23(3)4)20(25)14-26-17-8-6-5-7-9-17/h5-9,12-13H,10-11,14H2,1-4H3/p+1.